The number of hydrogen-bond donors (Lipinski definition) is 1. The Hall–Kier alpha value is -0.750. The van der Waals surface area contributed by atoms with Crippen LogP contribution >= 0.6 is 11.3 Å². The van der Waals surface area contributed by atoms with Crippen molar-refractivity contribution in [1.82, 2.24) is 4.98 Å². The number of hydrogen-bond acceptors (Lipinski definition) is 4. The molecule has 1 unspecified atom stereocenters. The lowest BCUT2D eigenvalue weighted by molar-refractivity contribution is 0.0643. The summed E-state index contributed by atoms with van der Waals surface area (Å²) >= 11 is 1.19. The second-order valence-corrected chi connectivity index (χ2v) is 4.49. The zero-order chi connectivity index (χ0) is 10.9. The van der Waals surface area contributed by atoms with Gasteiger partial charge in [0.15, 0.2) is 5.13 Å². The highest BCUT2D eigenvalue weighted by molar-refractivity contribution is 7.15. The summed E-state index contributed by atoms with van der Waals surface area (Å²) in [5.41, 5.74) is 3.89. The summed E-state index contributed by atoms with van der Waals surface area (Å²) < 4.78 is 25.1. The minimum Gasteiger partial charge on any atom is -0.354 e. The van der Waals surface area contributed by atoms with Crippen molar-refractivity contribution in [2.24, 2.45) is 5.73 Å². The maximum absolute atomic E-state index is 12.5. The van der Waals surface area contributed by atoms with Crippen LogP contribution in [0, 0.1) is 0 Å². The zero-order valence-corrected chi connectivity index (χ0v) is 9.11. The van der Waals surface area contributed by atoms with Gasteiger partial charge >= 0.3 is 0 Å². The fraction of sp³-hybridized carbons (Fsp3) is 0.625. The molecule has 0 fully saturated rings. The fourth-order valence-corrected chi connectivity index (χ4v) is 1.73. The normalized spacial score (nSPS) is 15.6. The van der Waals surface area contributed by atoms with Crippen LogP contribution in [0.15, 0.2) is 6.20 Å². The van der Waals surface area contributed by atoms with Crippen LogP contribution in [0.4, 0.5) is 13.9 Å². The molecule has 0 radical (unpaired) electrons. The monoisotopic (exact) mass is 221 g/mol. The predicted octanol–water partition coefficient (Wildman–Crippen LogP) is 1.65. The standard InChI is InChI=1S/C8H13F2N3S/c1-8(11,6(9)10)5-4-12-7(14-5)13(2)3/h4,6H,11H2,1-3H3. The Morgan fingerprint density at radius 1 is 1.57 bits per heavy atom. The van der Waals surface area contributed by atoms with E-state index in [-0.39, 0.29) is 0 Å². The van der Waals surface area contributed by atoms with Crippen LogP contribution in [0.2, 0.25) is 0 Å². The van der Waals surface area contributed by atoms with E-state index >= 15 is 0 Å². The van der Waals surface area contributed by atoms with Gasteiger partial charge in [-0.1, -0.05) is 11.3 Å². The molecule has 0 saturated heterocycles. The van der Waals surface area contributed by atoms with E-state index in [9.17, 15) is 8.78 Å². The van der Waals surface area contributed by atoms with E-state index in [0.29, 0.717) is 10.0 Å². The van der Waals surface area contributed by atoms with Crippen molar-refractivity contribution in [3.63, 3.8) is 0 Å². The Kier molecular flexibility index (Phi) is 3.06. The Labute approximate surface area is 85.5 Å². The van der Waals surface area contributed by atoms with E-state index in [4.69, 9.17) is 5.73 Å². The number of anilines is 1. The maximum atomic E-state index is 12.5. The number of thiazole rings is 1. The van der Waals surface area contributed by atoms with Gasteiger partial charge in [-0.3, -0.25) is 0 Å². The Balaban J connectivity index is 2.97. The highest BCUT2D eigenvalue weighted by atomic mass is 32.1. The van der Waals surface area contributed by atoms with Crippen LogP contribution in [-0.2, 0) is 5.54 Å². The van der Waals surface area contributed by atoms with Gasteiger partial charge in [-0.25, -0.2) is 13.8 Å². The molecule has 1 aromatic rings. The van der Waals surface area contributed by atoms with E-state index in [1.807, 2.05) is 0 Å². The molecule has 6 heteroatoms. The van der Waals surface area contributed by atoms with Gasteiger partial charge in [0.05, 0.1) is 4.88 Å². The number of nitrogens with zero attached hydrogens (tertiary/aromatic N) is 2. The predicted molar refractivity (Wildman–Crippen MR) is 54.0 cm³/mol. The van der Waals surface area contributed by atoms with Gasteiger partial charge in [0, 0.05) is 20.3 Å². The molecular weight excluding hydrogens is 208 g/mol. The number of aromatic nitrogens is 1. The van der Waals surface area contributed by atoms with Crippen LogP contribution in [0.3, 0.4) is 0 Å². The molecule has 1 rings (SSSR count). The Morgan fingerprint density at radius 2 is 2.14 bits per heavy atom. The SMILES string of the molecule is CN(C)c1ncc(C(C)(N)C(F)F)s1. The lowest BCUT2D eigenvalue weighted by Crippen LogP contribution is -2.39. The number of halogens is 2. The Morgan fingerprint density at radius 3 is 2.50 bits per heavy atom. The average Bonchev–Trinajstić information content (AvgIpc) is 2.51. The molecule has 2 N–H and O–H groups in total. The molecule has 1 heterocycles. The van der Waals surface area contributed by atoms with Crippen molar-refractivity contribution in [2.75, 3.05) is 19.0 Å². The number of nitrogens with two attached hydrogens (primary N) is 1. The summed E-state index contributed by atoms with van der Waals surface area (Å²) in [5.74, 6) is 0. The van der Waals surface area contributed by atoms with Gasteiger partial charge in [0.1, 0.15) is 5.54 Å². The summed E-state index contributed by atoms with van der Waals surface area (Å²) in [6.07, 6.45) is -1.18. The molecule has 14 heavy (non-hydrogen) atoms. The van der Waals surface area contributed by atoms with E-state index in [1.54, 1.807) is 19.0 Å². The molecule has 3 nitrogen and oxygen atoms in total. The average molecular weight is 221 g/mol. The van der Waals surface area contributed by atoms with Gasteiger partial charge in [0.2, 0.25) is 0 Å². The highest BCUT2D eigenvalue weighted by Crippen LogP contribution is 2.32. The molecular formula is C8H13F2N3S. The van der Waals surface area contributed by atoms with Crippen LogP contribution < -0.4 is 10.6 Å². The first-order valence-corrected chi connectivity index (χ1v) is 4.88. The summed E-state index contributed by atoms with van der Waals surface area (Å²) in [6.45, 7) is 1.31. The lowest BCUT2D eigenvalue weighted by atomic mass is 10.0. The fourth-order valence-electron chi connectivity index (χ4n) is 0.828. The molecule has 0 spiro atoms. The molecule has 1 atom stereocenters. The topological polar surface area (TPSA) is 42.2 Å². The molecule has 0 bridgehead atoms. The van der Waals surface area contributed by atoms with Crippen molar-refractivity contribution >= 4 is 16.5 Å². The van der Waals surface area contributed by atoms with Crippen molar-refractivity contribution in [1.29, 1.82) is 0 Å². The van der Waals surface area contributed by atoms with E-state index in [2.05, 4.69) is 4.98 Å². The van der Waals surface area contributed by atoms with Crippen molar-refractivity contribution in [3.05, 3.63) is 11.1 Å². The van der Waals surface area contributed by atoms with Crippen LogP contribution in [0.5, 0.6) is 0 Å². The minimum absolute atomic E-state index is 0.399. The first-order valence-electron chi connectivity index (χ1n) is 4.06. The minimum atomic E-state index is -2.59. The van der Waals surface area contributed by atoms with Crippen molar-refractivity contribution in [2.45, 2.75) is 18.9 Å². The smallest absolute Gasteiger partial charge is 0.260 e. The van der Waals surface area contributed by atoms with Gasteiger partial charge in [-0.15, -0.1) is 0 Å². The summed E-state index contributed by atoms with van der Waals surface area (Å²) in [6, 6.07) is 0. The number of alkyl halides is 2. The largest absolute Gasteiger partial charge is 0.354 e. The van der Waals surface area contributed by atoms with Crippen LogP contribution in [-0.4, -0.2) is 25.5 Å². The molecule has 0 amide bonds. The maximum Gasteiger partial charge on any atom is 0.260 e. The van der Waals surface area contributed by atoms with Crippen LogP contribution in [0.1, 0.15) is 11.8 Å². The van der Waals surface area contributed by atoms with E-state index < -0.39 is 12.0 Å². The van der Waals surface area contributed by atoms with Gasteiger partial charge < -0.3 is 10.6 Å². The van der Waals surface area contributed by atoms with E-state index in [1.165, 1.54) is 24.5 Å². The molecule has 0 aliphatic rings. The molecule has 0 aromatic carbocycles. The summed E-state index contributed by atoms with van der Waals surface area (Å²) in [5, 5.41) is 0.678. The third-order valence-corrected chi connectivity index (χ3v) is 3.28. The molecule has 0 aliphatic carbocycles. The van der Waals surface area contributed by atoms with Gasteiger partial charge in [-0.05, 0) is 6.92 Å². The first-order chi connectivity index (χ1) is 6.35. The molecule has 0 saturated carbocycles. The van der Waals surface area contributed by atoms with Gasteiger partial charge in [-0.2, -0.15) is 0 Å². The second kappa shape index (κ2) is 3.78. The summed E-state index contributed by atoms with van der Waals surface area (Å²) in [7, 11) is 3.61. The van der Waals surface area contributed by atoms with E-state index in [0.717, 1.165) is 0 Å². The molecule has 80 valence electrons. The third kappa shape index (κ3) is 2.01. The highest BCUT2D eigenvalue weighted by Gasteiger charge is 2.34. The first kappa shape index (κ1) is 11.3. The van der Waals surface area contributed by atoms with Gasteiger partial charge in [0.25, 0.3) is 6.43 Å². The lowest BCUT2D eigenvalue weighted by Gasteiger charge is -2.21. The zero-order valence-electron chi connectivity index (χ0n) is 8.29. The van der Waals surface area contributed by atoms with Crippen molar-refractivity contribution in [3.8, 4) is 0 Å². The Bertz CT molecular complexity index is 309. The molecule has 1 aromatic heterocycles. The van der Waals surface area contributed by atoms with Crippen LogP contribution in [0.25, 0.3) is 0 Å². The quantitative estimate of drug-likeness (QED) is 0.843. The summed E-state index contributed by atoms with van der Waals surface area (Å²) in [4.78, 5) is 6.15. The van der Waals surface area contributed by atoms with Crippen molar-refractivity contribution < 1.29 is 8.78 Å². The molecule has 0 aliphatic heterocycles. The number of rotatable bonds is 3. The third-order valence-electron chi connectivity index (χ3n) is 1.86. The second-order valence-electron chi connectivity index (χ2n) is 3.48.